The van der Waals surface area contributed by atoms with E-state index in [1.807, 2.05) is 4.90 Å². The molecule has 5 rings (SSSR count). The molecule has 33 heavy (non-hydrogen) atoms. The predicted octanol–water partition coefficient (Wildman–Crippen LogP) is 3.25. The Labute approximate surface area is 185 Å². The molecule has 170 valence electrons. The summed E-state index contributed by atoms with van der Waals surface area (Å²) in [6.45, 7) is 1.23. The maximum atomic E-state index is 13.6. The van der Waals surface area contributed by atoms with Gasteiger partial charge in [0.1, 0.15) is 29.8 Å². The van der Waals surface area contributed by atoms with Crippen molar-refractivity contribution in [3.63, 3.8) is 0 Å². The molecule has 1 N–H and O–H groups in total. The Kier molecular flexibility index (Phi) is 5.10. The Balaban J connectivity index is 1.31. The van der Waals surface area contributed by atoms with Gasteiger partial charge >= 0.3 is 6.18 Å². The van der Waals surface area contributed by atoms with Crippen LogP contribution in [0.1, 0.15) is 21.5 Å². The van der Waals surface area contributed by atoms with Crippen molar-refractivity contribution in [3.8, 4) is 17.1 Å². The number of amides is 1. The van der Waals surface area contributed by atoms with Crippen molar-refractivity contribution in [2.45, 2.75) is 18.7 Å². The van der Waals surface area contributed by atoms with Crippen molar-refractivity contribution < 1.29 is 27.1 Å². The first-order chi connectivity index (χ1) is 15.8. The fourth-order valence-corrected chi connectivity index (χ4v) is 3.91. The van der Waals surface area contributed by atoms with Crippen LogP contribution in [0.3, 0.4) is 0 Å². The number of halogens is 4. The highest BCUT2D eigenvalue weighted by atomic mass is 19.4. The Morgan fingerprint density at radius 2 is 1.91 bits per heavy atom. The van der Waals surface area contributed by atoms with E-state index in [9.17, 15) is 22.4 Å². The molecule has 0 saturated carbocycles. The van der Waals surface area contributed by atoms with Crippen LogP contribution in [0.4, 0.5) is 23.4 Å². The Hall–Kier alpha value is -3.76. The molecule has 2 aromatic heterocycles. The highest BCUT2D eigenvalue weighted by Gasteiger charge is 2.34. The zero-order valence-electron chi connectivity index (χ0n) is 17.1. The molecular weight excluding hydrogens is 442 g/mol. The number of fused-ring (bicyclic) bond motifs is 1. The van der Waals surface area contributed by atoms with Crippen LogP contribution in [0, 0.1) is 5.82 Å². The first kappa shape index (κ1) is 21.1. The number of aromatic nitrogens is 3. The summed E-state index contributed by atoms with van der Waals surface area (Å²) < 4.78 is 57.8. The van der Waals surface area contributed by atoms with E-state index >= 15 is 0 Å². The van der Waals surface area contributed by atoms with Crippen LogP contribution in [0.15, 0.2) is 42.9 Å². The number of anilines is 1. The van der Waals surface area contributed by atoms with Gasteiger partial charge in [-0.1, -0.05) is 0 Å². The molecule has 7 nitrogen and oxygen atoms in total. The average Bonchev–Trinajstić information content (AvgIpc) is 2.75. The number of hydrogen-bond acceptors (Lipinski definition) is 6. The molecule has 4 heterocycles. The topological polar surface area (TPSA) is 80.2 Å². The van der Waals surface area contributed by atoms with Crippen LogP contribution < -0.4 is 15.0 Å². The number of nitrogens with one attached hydrogen (secondary N) is 1. The van der Waals surface area contributed by atoms with Gasteiger partial charge in [0, 0.05) is 30.4 Å². The second kappa shape index (κ2) is 7.98. The first-order valence-electron chi connectivity index (χ1n) is 10.2. The van der Waals surface area contributed by atoms with Crippen LogP contribution in [0.25, 0.3) is 11.4 Å². The molecule has 1 saturated heterocycles. The molecule has 2 aliphatic rings. The third kappa shape index (κ3) is 4.18. The van der Waals surface area contributed by atoms with Crippen LogP contribution >= 0.6 is 0 Å². The summed E-state index contributed by atoms with van der Waals surface area (Å²) in [5, 5.41) is 2.80. The van der Waals surface area contributed by atoms with E-state index in [-0.39, 0.29) is 11.7 Å². The van der Waals surface area contributed by atoms with Crippen molar-refractivity contribution in [1.29, 1.82) is 0 Å². The molecule has 0 aliphatic carbocycles. The zero-order chi connectivity index (χ0) is 23.2. The summed E-state index contributed by atoms with van der Waals surface area (Å²) in [6.07, 6.45) is -1.49. The van der Waals surface area contributed by atoms with Crippen LogP contribution in [0.5, 0.6) is 5.75 Å². The molecule has 0 atom stereocenters. The minimum atomic E-state index is -4.66. The number of hydrogen-bond donors (Lipinski definition) is 1. The lowest BCUT2D eigenvalue weighted by Crippen LogP contribution is -2.54. The van der Waals surface area contributed by atoms with Gasteiger partial charge < -0.3 is 15.0 Å². The quantitative estimate of drug-likeness (QED) is 0.604. The van der Waals surface area contributed by atoms with E-state index in [2.05, 4.69) is 20.3 Å². The third-order valence-electron chi connectivity index (χ3n) is 5.53. The molecule has 11 heteroatoms. The second-order valence-corrected chi connectivity index (χ2v) is 7.77. The number of rotatable bonds is 4. The van der Waals surface area contributed by atoms with E-state index in [4.69, 9.17) is 4.74 Å². The third-order valence-corrected chi connectivity index (χ3v) is 5.53. The molecule has 0 spiro atoms. The lowest BCUT2D eigenvalue weighted by Gasteiger charge is -2.39. The van der Waals surface area contributed by atoms with E-state index in [1.54, 1.807) is 18.3 Å². The fourth-order valence-electron chi connectivity index (χ4n) is 3.91. The minimum Gasteiger partial charge on any atom is -0.487 e. The predicted molar refractivity (Wildman–Crippen MR) is 109 cm³/mol. The average molecular weight is 459 g/mol. The molecule has 0 bridgehead atoms. The molecule has 1 fully saturated rings. The van der Waals surface area contributed by atoms with E-state index in [0.29, 0.717) is 54.9 Å². The first-order valence-corrected chi connectivity index (χ1v) is 10.2. The normalized spacial score (nSPS) is 16.1. The molecule has 3 aromatic rings. The minimum absolute atomic E-state index is 0.150. The fraction of sp³-hybridized carbons (Fsp3) is 0.273. The van der Waals surface area contributed by atoms with Gasteiger partial charge in [-0.15, -0.1) is 0 Å². The van der Waals surface area contributed by atoms with Gasteiger partial charge in [-0.05, 0) is 30.2 Å². The highest BCUT2D eigenvalue weighted by Crippen LogP contribution is 2.34. The Morgan fingerprint density at radius 3 is 2.70 bits per heavy atom. The van der Waals surface area contributed by atoms with Crippen molar-refractivity contribution >= 4 is 11.7 Å². The lowest BCUT2D eigenvalue weighted by molar-refractivity contribution is -0.137. The van der Waals surface area contributed by atoms with Gasteiger partial charge in [0.25, 0.3) is 5.91 Å². The molecule has 1 aromatic carbocycles. The summed E-state index contributed by atoms with van der Waals surface area (Å²) in [4.78, 5) is 26.9. The molecular formula is C22H17F4N5O2. The van der Waals surface area contributed by atoms with Gasteiger partial charge in [0.2, 0.25) is 0 Å². The number of carbonyl (C=O) groups excluding carboxylic acids is 1. The summed E-state index contributed by atoms with van der Waals surface area (Å²) in [5.74, 6) is -0.741. The Bertz CT molecular complexity index is 1230. The van der Waals surface area contributed by atoms with Gasteiger partial charge in [-0.3, -0.25) is 9.78 Å². The van der Waals surface area contributed by atoms with Gasteiger partial charge in [0.05, 0.1) is 30.0 Å². The maximum absolute atomic E-state index is 13.6. The van der Waals surface area contributed by atoms with Crippen molar-refractivity contribution in [2.75, 3.05) is 24.5 Å². The van der Waals surface area contributed by atoms with E-state index < -0.39 is 23.7 Å². The van der Waals surface area contributed by atoms with E-state index in [0.717, 1.165) is 17.7 Å². The zero-order valence-corrected chi connectivity index (χ0v) is 17.1. The van der Waals surface area contributed by atoms with Crippen LogP contribution in [0.2, 0.25) is 0 Å². The monoisotopic (exact) mass is 459 g/mol. The van der Waals surface area contributed by atoms with Crippen molar-refractivity contribution in [2.24, 2.45) is 0 Å². The summed E-state index contributed by atoms with van der Waals surface area (Å²) in [5.41, 5.74) is 1.47. The van der Waals surface area contributed by atoms with Gasteiger partial charge in [-0.25, -0.2) is 14.4 Å². The summed E-state index contributed by atoms with van der Waals surface area (Å²) >= 11 is 0. The number of benzene rings is 1. The molecule has 0 radical (unpaired) electrons. The standard InChI is InChI=1S/C22H17F4N5O2/c23-13-5-12(22(24,25)26)6-14(7-13)33-15-9-31(10-15)19-8-18(29-11-30-19)20-16-1-4-28-21(32)17(16)2-3-27-20/h2-3,5-8,11,15H,1,4,9-10H2,(H,28,32). The summed E-state index contributed by atoms with van der Waals surface area (Å²) in [6, 6.07) is 5.57. The smallest absolute Gasteiger partial charge is 0.416 e. The largest absolute Gasteiger partial charge is 0.487 e. The second-order valence-electron chi connectivity index (χ2n) is 7.77. The number of alkyl halides is 3. The lowest BCUT2D eigenvalue weighted by atomic mass is 9.97. The van der Waals surface area contributed by atoms with Crippen molar-refractivity contribution in [1.82, 2.24) is 20.3 Å². The highest BCUT2D eigenvalue weighted by molar-refractivity contribution is 5.98. The SMILES string of the molecule is O=C1NCCc2c1ccnc2-c1cc(N2CC(Oc3cc(F)cc(C(F)(F)F)c3)C2)ncn1. The van der Waals surface area contributed by atoms with Crippen molar-refractivity contribution in [3.05, 3.63) is 65.4 Å². The molecule has 2 aliphatic heterocycles. The number of ether oxygens (including phenoxy) is 1. The van der Waals surface area contributed by atoms with Crippen LogP contribution in [-0.4, -0.2) is 46.6 Å². The van der Waals surface area contributed by atoms with Crippen LogP contribution in [-0.2, 0) is 12.6 Å². The van der Waals surface area contributed by atoms with Gasteiger partial charge in [0.15, 0.2) is 0 Å². The molecule has 1 amide bonds. The number of nitrogens with zero attached hydrogens (tertiary/aromatic N) is 4. The summed E-state index contributed by atoms with van der Waals surface area (Å²) in [7, 11) is 0. The maximum Gasteiger partial charge on any atom is 0.416 e. The molecule has 0 unspecified atom stereocenters. The number of pyridine rings is 1. The van der Waals surface area contributed by atoms with Gasteiger partial charge in [-0.2, -0.15) is 13.2 Å². The Morgan fingerprint density at radius 1 is 1.09 bits per heavy atom. The van der Waals surface area contributed by atoms with E-state index in [1.165, 1.54) is 6.33 Å². The number of carbonyl (C=O) groups is 1.